The Bertz CT molecular complexity index is 1490. The van der Waals surface area contributed by atoms with Gasteiger partial charge in [-0.05, 0) is 55.2 Å². The molecule has 3 aromatic rings. The summed E-state index contributed by atoms with van der Waals surface area (Å²) < 4.78 is 12.8. The molecule has 2 fully saturated rings. The number of aryl methyl sites for hydroxylation is 1. The summed E-state index contributed by atoms with van der Waals surface area (Å²) in [5, 5.41) is 3.47. The number of thiocarbonyl (C=S) groups is 1. The Morgan fingerprint density at radius 1 is 1.17 bits per heavy atom. The van der Waals surface area contributed by atoms with Crippen molar-refractivity contribution in [3.8, 4) is 11.5 Å². The second-order valence-electron chi connectivity index (χ2n) is 9.20. The fourth-order valence-electron chi connectivity index (χ4n) is 4.75. The topological polar surface area (TPSA) is 85.2 Å². The predicted octanol–water partition coefficient (Wildman–Crippen LogP) is 4.49. The summed E-state index contributed by atoms with van der Waals surface area (Å²) in [6.07, 6.45) is 7.78. The number of carbonyl (C=O) groups excluding carboxylic acids is 1. The van der Waals surface area contributed by atoms with Gasteiger partial charge in [0.15, 0.2) is 11.5 Å². The molecule has 0 atom stereocenters. The number of fused-ring (bicyclic) bond motifs is 2. The van der Waals surface area contributed by atoms with Crippen molar-refractivity contribution in [2.24, 2.45) is 0 Å². The number of pyridine rings is 1. The minimum atomic E-state index is -0.233. The van der Waals surface area contributed by atoms with Crippen molar-refractivity contribution < 1.29 is 14.3 Å². The van der Waals surface area contributed by atoms with Crippen LogP contribution < -0.4 is 20.3 Å². The van der Waals surface area contributed by atoms with Gasteiger partial charge in [0.25, 0.3) is 11.5 Å². The van der Waals surface area contributed by atoms with E-state index in [2.05, 4.69) is 5.32 Å². The van der Waals surface area contributed by atoms with Crippen LogP contribution in [0.4, 0.5) is 5.82 Å². The summed E-state index contributed by atoms with van der Waals surface area (Å²) in [6.45, 7) is 2.42. The Morgan fingerprint density at radius 2 is 1.97 bits per heavy atom. The number of anilines is 1. The molecule has 2 aromatic heterocycles. The summed E-state index contributed by atoms with van der Waals surface area (Å²) in [5.41, 5.74) is 2.55. The van der Waals surface area contributed by atoms with Crippen LogP contribution in [0.2, 0.25) is 0 Å². The largest absolute Gasteiger partial charge is 0.454 e. The number of nitrogens with one attached hydrogen (secondary N) is 1. The molecule has 0 unspecified atom stereocenters. The molecule has 0 radical (unpaired) electrons. The zero-order valence-corrected chi connectivity index (χ0v) is 21.3. The number of hydrogen-bond acceptors (Lipinski definition) is 8. The number of rotatable bonds is 5. The number of benzene rings is 1. The van der Waals surface area contributed by atoms with Gasteiger partial charge in [0, 0.05) is 12.2 Å². The molecule has 36 heavy (non-hydrogen) atoms. The molecule has 3 aliphatic rings. The highest BCUT2D eigenvalue weighted by Crippen LogP contribution is 2.37. The first kappa shape index (κ1) is 23.1. The summed E-state index contributed by atoms with van der Waals surface area (Å²) in [7, 11) is 0. The molecule has 2 aliphatic heterocycles. The molecule has 1 aromatic carbocycles. The van der Waals surface area contributed by atoms with Gasteiger partial charge >= 0.3 is 0 Å². The zero-order chi connectivity index (χ0) is 24.8. The van der Waals surface area contributed by atoms with E-state index in [1.165, 1.54) is 16.2 Å². The fraction of sp³-hybridized carbons (Fsp3) is 0.308. The maximum absolute atomic E-state index is 13.6. The van der Waals surface area contributed by atoms with Gasteiger partial charge in [-0.15, -0.1) is 0 Å². The Hall–Kier alpha value is -3.37. The number of carbonyl (C=O) groups is 1. The zero-order valence-electron chi connectivity index (χ0n) is 19.7. The Labute approximate surface area is 217 Å². The lowest BCUT2D eigenvalue weighted by Gasteiger charge is -2.16. The lowest BCUT2D eigenvalue weighted by molar-refractivity contribution is -0.122. The molecule has 1 saturated heterocycles. The van der Waals surface area contributed by atoms with Gasteiger partial charge < -0.3 is 14.8 Å². The van der Waals surface area contributed by atoms with Crippen LogP contribution in [0.1, 0.15) is 42.4 Å². The van der Waals surface area contributed by atoms with E-state index in [0.717, 1.165) is 36.8 Å². The second-order valence-corrected chi connectivity index (χ2v) is 10.9. The molecule has 8 nitrogen and oxygen atoms in total. The third-order valence-corrected chi connectivity index (χ3v) is 8.01. The van der Waals surface area contributed by atoms with Crippen molar-refractivity contribution >= 4 is 51.7 Å². The van der Waals surface area contributed by atoms with E-state index in [9.17, 15) is 9.59 Å². The quantitative estimate of drug-likeness (QED) is 0.389. The Kier molecular flexibility index (Phi) is 5.93. The number of ether oxygens (including phenoxy) is 2. The van der Waals surface area contributed by atoms with Crippen LogP contribution in [0.3, 0.4) is 0 Å². The molecule has 10 heteroatoms. The van der Waals surface area contributed by atoms with Gasteiger partial charge in [-0.2, -0.15) is 0 Å². The highest BCUT2D eigenvalue weighted by Gasteiger charge is 2.33. The Morgan fingerprint density at radius 3 is 2.81 bits per heavy atom. The summed E-state index contributed by atoms with van der Waals surface area (Å²) >= 11 is 6.74. The van der Waals surface area contributed by atoms with Crippen LogP contribution in [0.15, 0.2) is 46.2 Å². The number of thioether (sulfide) groups is 1. The van der Waals surface area contributed by atoms with Crippen LogP contribution in [-0.2, 0) is 11.3 Å². The van der Waals surface area contributed by atoms with Crippen LogP contribution in [0.5, 0.6) is 11.5 Å². The van der Waals surface area contributed by atoms with Gasteiger partial charge in [-0.25, -0.2) is 4.98 Å². The third-order valence-electron chi connectivity index (χ3n) is 6.63. The lowest BCUT2D eigenvalue weighted by Crippen LogP contribution is -2.27. The van der Waals surface area contributed by atoms with Crippen LogP contribution in [0.25, 0.3) is 11.7 Å². The van der Waals surface area contributed by atoms with Crippen LogP contribution in [0, 0.1) is 6.92 Å². The molecule has 1 saturated carbocycles. The van der Waals surface area contributed by atoms with E-state index in [1.54, 1.807) is 17.2 Å². The molecule has 0 spiro atoms. The van der Waals surface area contributed by atoms with E-state index in [0.29, 0.717) is 44.3 Å². The summed E-state index contributed by atoms with van der Waals surface area (Å²) in [4.78, 5) is 33.7. The van der Waals surface area contributed by atoms with E-state index >= 15 is 0 Å². The molecular weight excluding hydrogens is 496 g/mol. The van der Waals surface area contributed by atoms with Crippen molar-refractivity contribution in [3.05, 3.63) is 68.5 Å². The molecule has 1 N–H and O–H groups in total. The first-order valence-electron chi connectivity index (χ1n) is 11.9. The number of hydrogen-bond donors (Lipinski definition) is 1. The molecular formula is C26H24N4O4S2. The van der Waals surface area contributed by atoms with Crippen molar-refractivity contribution in [3.63, 3.8) is 0 Å². The lowest BCUT2D eigenvalue weighted by atomic mass is 10.2. The first-order chi connectivity index (χ1) is 17.5. The number of amides is 1. The van der Waals surface area contributed by atoms with Crippen molar-refractivity contribution in [2.75, 3.05) is 12.1 Å². The highest BCUT2D eigenvalue weighted by molar-refractivity contribution is 8.26. The fourth-order valence-corrected chi connectivity index (χ4v) is 5.99. The maximum Gasteiger partial charge on any atom is 0.267 e. The van der Waals surface area contributed by atoms with Gasteiger partial charge in [0.05, 0.1) is 17.0 Å². The molecule has 1 aliphatic carbocycles. The Balaban J connectivity index is 1.35. The molecule has 6 rings (SSSR count). The second kappa shape index (κ2) is 9.25. The molecule has 4 heterocycles. The molecule has 1 amide bonds. The van der Waals surface area contributed by atoms with Crippen molar-refractivity contribution in [1.82, 2.24) is 14.3 Å². The minimum absolute atomic E-state index is 0.189. The SMILES string of the molecule is Cc1ccc2nc(NC3CCCC3)c(C=C3SC(=S)N(Cc4ccc5c(c4)OCO5)C3=O)c(=O)n2c1. The normalized spacial score (nSPS) is 18.7. The third kappa shape index (κ3) is 4.24. The monoisotopic (exact) mass is 520 g/mol. The van der Waals surface area contributed by atoms with Crippen LogP contribution in [-0.4, -0.2) is 37.3 Å². The minimum Gasteiger partial charge on any atom is -0.454 e. The summed E-state index contributed by atoms with van der Waals surface area (Å²) in [5.74, 6) is 1.62. The molecule has 0 bridgehead atoms. The standard InChI is InChI=1S/C26H24N4O4S2/c1-15-6-9-22-28-23(27-17-4-2-3-5-17)18(24(31)29(22)12-15)11-21-25(32)30(26(35)36-21)13-16-7-8-19-20(10-16)34-14-33-19/h6-12,17,27H,2-5,13-14H2,1H3. The average Bonchev–Trinajstić information content (AvgIpc) is 3.60. The van der Waals surface area contributed by atoms with Gasteiger partial charge in [-0.1, -0.05) is 49.0 Å². The predicted molar refractivity (Wildman–Crippen MR) is 143 cm³/mol. The van der Waals surface area contributed by atoms with Gasteiger partial charge in [0.1, 0.15) is 15.8 Å². The number of aromatic nitrogens is 2. The van der Waals surface area contributed by atoms with Gasteiger partial charge in [0.2, 0.25) is 6.79 Å². The summed E-state index contributed by atoms with van der Waals surface area (Å²) in [6, 6.07) is 9.61. The molecule has 184 valence electrons. The van der Waals surface area contributed by atoms with E-state index in [1.807, 2.05) is 37.3 Å². The smallest absolute Gasteiger partial charge is 0.267 e. The maximum atomic E-state index is 13.6. The first-order valence-corrected chi connectivity index (χ1v) is 13.1. The average molecular weight is 521 g/mol. The van der Waals surface area contributed by atoms with Crippen molar-refractivity contribution in [1.29, 1.82) is 0 Å². The van der Waals surface area contributed by atoms with Crippen LogP contribution >= 0.6 is 24.0 Å². The highest BCUT2D eigenvalue weighted by atomic mass is 32.2. The van der Waals surface area contributed by atoms with Gasteiger partial charge in [-0.3, -0.25) is 18.9 Å². The van der Waals surface area contributed by atoms with E-state index in [4.69, 9.17) is 26.7 Å². The van der Waals surface area contributed by atoms with Crippen molar-refractivity contribution in [2.45, 2.75) is 45.2 Å². The number of nitrogens with zero attached hydrogens (tertiary/aromatic N) is 3. The van der Waals surface area contributed by atoms with E-state index < -0.39 is 0 Å². The van der Waals surface area contributed by atoms with E-state index in [-0.39, 0.29) is 24.3 Å².